The fourth-order valence-electron chi connectivity index (χ4n) is 6.56. The summed E-state index contributed by atoms with van der Waals surface area (Å²) in [7, 11) is 16.6. The monoisotopic (exact) mass is 774 g/mol. The number of halogens is 2. The van der Waals surface area contributed by atoms with Crippen molar-refractivity contribution in [3.8, 4) is 11.1 Å². The molecule has 1 N–H and O–H groups in total. The summed E-state index contributed by atoms with van der Waals surface area (Å²) in [5.74, 6) is -2.67. The number of hydrogen-bond donors (Lipinski definition) is 1. The fraction of sp³-hybridized carbons (Fsp3) is 0.139. The predicted octanol–water partition coefficient (Wildman–Crippen LogP) is 7.06. The Bertz CT molecular complexity index is 1740. The summed E-state index contributed by atoms with van der Waals surface area (Å²) in [5.41, 5.74) is 6.14. The molecule has 1 amide bonds. The molecule has 6 heteroatoms. The van der Waals surface area contributed by atoms with Crippen LogP contribution in [0.25, 0.3) is 11.1 Å². The molecule has 5 aromatic carbocycles. The number of carbonyl (C=O) groups excluding carboxylic acids is 1. The first-order valence-corrected chi connectivity index (χ1v) is 34.8. The average molecular weight is 774 g/mol. The molecule has 0 aliphatic heterocycles. The second-order valence-electron chi connectivity index (χ2n) is 12.3. The van der Waals surface area contributed by atoms with E-state index in [2.05, 4.69) is 90.8 Å². The maximum atomic E-state index is 14.6. The van der Waals surface area contributed by atoms with Crippen molar-refractivity contribution in [3.63, 3.8) is 0 Å². The molecule has 0 fully saturated rings. The van der Waals surface area contributed by atoms with E-state index < -0.39 is 21.6 Å². The number of amides is 1. The molecule has 1 aliphatic carbocycles. The van der Waals surface area contributed by atoms with Gasteiger partial charge in [-0.2, -0.15) is 0 Å². The van der Waals surface area contributed by atoms with Crippen LogP contribution in [0.15, 0.2) is 127 Å². The van der Waals surface area contributed by atoms with Gasteiger partial charge in [-0.15, -0.1) is 0 Å². The molecule has 0 saturated heterocycles. The van der Waals surface area contributed by atoms with Gasteiger partial charge in [0.2, 0.25) is 0 Å². The van der Waals surface area contributed by atoms with Crippen LogP contribution < -0.4 is 17.0 Å². The first-order valence-electron chi connectivity index (χ1n) is 14.4. The van der Waals surface area contributed by atoms with Crippen molar-refractivity contribution in [2.75, 3.05) is 0 Å². The number of fused-ring (bicyclic) bond motifs is 3. The summed E-state index contributed by atoms with van der Waals surface area (Å²) in [6.45, 7) is 6.38. The fourth-order valence-corrected chi connectivity index (χ4v) is 58.1. The molecule has 0 atom stereocenters. The van der Waals surface area contributed by atoms with E-state index in [0.29, 0.717) is 5.56 Å². The van der Waals surface area contributed by atoms with Gasteiger partial charge >= 0.3 is 260 Å². The minimum atomic E-state index is -5.74. The molecule has 0 spiro atoms. The third-order valence-electron chi connectivity index (χ3n) is 8.44. The minimum absolute atomic E-state index is 0.196. The summed E-state index contributed by atoms with van der Waals surface area (Å²) < 4.78 is 4.50. The molecule has 2 nitrogen and oxygen atoms in total. The molecule has 1 aliphatic rings. The molecule has 6 rings (SSSR count). The molecular weight excluding hydrogens is 740 g/mol. The first-order chi connectivity index (χ1) is 20.1. The quantitative estimate of drug-likeness (QED) is 0.181. The predicted molar refractivity (Wildman–Crippen MR) is 178 cm³/mol. The second kappa shape index (κ2) is 11.1. The van der Waals surface area contributed by atoms with Crippen molar-refractivity contribution < 1.29 is 20.4 Å². The summed E-state index contributed by atoms with van der Waals surface area (Å²) in [4.78, 5) is 14.6. The van der Waals surface area contributed by atoms with Crippen LogP contribution in [0.5, 0.6) is 0 Å². The number of carbonyl (C=O) groups is 1. The number of hydrogen-bond acceptors (Lipinski definition) is 1. The van der Waals surface area contributed by atoms with Gasteiger partial charge in [0.05, 0.1) is 0 Å². The number of rotatable bonds is 6. The topological polar surface area (TPSA) is 29.1 Å². The van der Waals surface area contributed by atoms with Crippen LogP contribution in [-0.4, -0.2) is 11.9 Å². The van der Waals surface area contributed by atoms with Gasteiger partial charge in [-0.25, -0.2) is 0 Å². The summed E-state index contributed by atoms with van der Waals surface area (Å²) >= 11 is -5.74. The molecular formula is C36H34Cl2HfNOSi. The van der Waals surface area contributed by atoms with Gasteiger partial charge in [-0.1, -0.05) is 0 Å². The van der Waals surface area contributed by atoms with Crippen LogP contribution in [-0.2, 0) is 27.4 Å². The Morgan fingerprint density at radius 1 is 0.690 bits per heavy atom. The van der Waals surface area contributed by atoms with E-state index in [0.717, 1.165) is 36.8 Å². The van der Waals surface area contributed by atoms with Gasteiger partial charge in [0.1, 0.15) is 0 Å². The van der Waals surface area contributed by atoms with Crippen LogP contribution in [0.3, 0.4) is 0 Å². The normalized spacial score (nSPS) is 13.6. The zero-order valence-corrected chi connectivity index (χ0v) is 30.3. The molecule has 42 heavy (non-hydrogen) atoms. The molecule has 0 saturated carbocycles. The van der Waals surface area contributed by atoms with Crippen LogP contribution >= 0.6 is 17.2 Å². The SMILES string of the molecule is CC(C)(C)c1ccccc1C(=O)[NH][Hf]([Cl])([Cl])([c]1cccc2c1Cc1ccccc1-2)[SiH](c1ccccc1)c1ccccc1. The maximum absolute atomic E-state index is 14.6. The van der Waals surface area contributed by atoms with E-state index in [1.165, 1.54) is 11.1 Å². The van der Waals surface area contributed by atoms with Crippen molar-refractivity contribution in [2.45, 2.75) is 32.6 Å². The molecule has 0 bridgehead atoms. The van der Waals surface area contributed by atoms with E-state index in [9.17, 15) is 4.79 Å². The van der Waals surface area contributed by atoms with Gasteiger partial charge < -0.3 is 0 Å². The van der Waals surface area contributed by atoms with Crippen molar-refractivity contribution in [3.05, 3.63) is 150 Å². The Morgan fingerprint density at radius 2 is 1.24 bits per heavy atom. The van der Waals surface area contributed by atoms with E-state index in [1.54, 1.807) is 0 Å². The average Bonchev–Trinajstić information content (AvgIpc) is 3.36. The number of benzene rings is 5. The Hall–Kier alpha value is -2.76. The van der Waals surface area contributed by atoms with E-state index in [-0.39, 0.29) is 11.3 Å². The van der Waals surface area contributed by atoms with E-state index in [4.69, 9.17) is 17.2 Å². The zero-order chi connectivity index (χ0) is 29.6. The van der Waals surface area contributed by atoms with Gasteiger partial charge in [0.15, 0.2) is 0 Å². The third kappa shape index (κ3) is 5.17. The van der Waals surface area contributed by atoms with Crippen LogP contribution in [0, 0.1) is 0 Å². The van der Waals surface area contributed by atoms with Crippen molar-refractivity contribution in [1.29, 1.82) is 0 Å². The van der Waals surface area contributed by atoms with Gasteiger partial charge in [0, 0.05) is 0 Å². The Balaban J connectivity index is 1.63. The van der Waals surface area contributed by atoms with Crippen LogP contribution in [0.1, 0.15) is 47.8 Å². The van der Waals surface area contributed by atoms with Gasteiger partial charge in [-0.3, -0.25) is 0 Å². The Kier molecular flexibility index (Phi) is 7.72. The molecule has 0 unspecified atom stereocenters. The second-order valence-corrected chi connectivity index (χ2v) is 61.2. The molecule has 211 valence electrons. The number of nitrogens with one attached hydrogen (secondary N) is 1. The third-order valence-corrected chi connectivity index (χ3v) is 56.7. The molecule has 0 aromatic heterocycles. The van der Waals surface area contributed by atoms with Crippen molar-refractivity contribution in [2.24, 2.45) is 0 Å². The van der Waals surface area contributed by atoms with Gasteiger partial charge in [0.25, 0.3) is 0 Å². The summed E-state index contributed by atoms with van der Waals surface area (Å²) in [5, 5.41) is 2.25. The Morgan fingerprint density at radius 3 is 1.88 bits per heavy atom. The molecule has 5 aromatic rings. The Labute approximate surface area is 258 Å². The van der Waals surface area contributed by atoms with E-state index in [1.807, 2.05) is 60.7 Å². The van der Waals surface area contributed by atoms with Crippen molar-refractivity contribution in [1.82, 2.24) is 3.30 Å². The van der Waals surface area contributed by atoms with Crippen molar-refractivity contribution >= 4 is 42.7 Å². The van der Waals surface area contributed by atoms with Gasteiger partial charge in [-0.05, 0) is 0 Å². The standard InChI is InChI=1S/C13H9.C12H11Si.C11H15NO.2ClH.Hf/c1-3-7-12-10(5-1)9-11-6-2-4-8-13(11)12;1-3-7-11(8-4-1)13-12-9-5-2-6-10-12;1-11(2,3)9-7-5-4-6-8(9)10(12)13;;;/h1-5,7-8H,9H2;1-10,13H;4-7H,1-3H3,(H2,12,13);2*1H;/q;;;;;+3/p-3. The van der Waals surface area contributed by atoms with E-state index >= 15 is 0 Å². The summed E-state index contributed by atoms with van der Waals surface area (Å²) in [6.07, 6.45) is 0.743. The molecule has 0 radical (unpaired) electrons. The zero-order valence-electron chi connectivity index (χ0n) is 24.1. The first kappa shape index (κ1) is 29.3. The summed E-state index contributed by atoms with van der Waals surface area (Å²) in [6, 6.07) is 43.4. The van der Waals surface area contributed by atoms with Crippen LogP contribution in [0.2, 0.25) is 0 Å². The van der Waals surface area contributed by atoms with Crippen LogP contribution in [0.4, 0.5) is 0 Å². The molecule has 0 heterocycles.